The topological polar surface area (TPSA) is 75.3 Å². The number of nitrogens with one attached hydrogen (secondary N) is 1. The molecule has 1 fully saturated rings. The van der Waals surface area contributed by atoms with E-state index in [4.69, 9.17) is 16.7 Å². The third-order valence-corrected chi connectivity index (χ3v) is 0.914. The van der Waals surface area contributed by atoms with Gasteiger partial charge in [-0.25, -0.2) is 0 Å². The molecule has 0 aliphatic carbocycles. The lowest BCUT2D eigenvalue weighted by Crippen LogP contribution is -2.46. The minimum absolute atomic E-state index is 1.45. The highest BCUT2D eigenvalue weighted by Crippen LogP contribution is 2.10. The van der Waals surface area contributed by atoms with E-state index >= 15 is 0 Å². The van der Waals surface area contributed by atoms with Crippen LogP contribution in [0.15, 0.2) is 0 Å². The molecule has 4 heteroatoms. The molecular formula is C6H12N2O2. The van der Waals surface area contributed by atoms with Crippen molar-refractivity contribution in [2.75, 3.05) is 13.0 Å². The van der Waals surface area contributed by atoms with Crippen molar-refractivity contribution in [3.8, 4) is 0 Å². The molecule has 0 aromatic carbocycles. The Hall–Kier alpha value is -0.610. The van der Waals surface area contributed by atoms with Crippen LogP contribution < -0.4 is 11.1 Å². The van der Waals surface area contributed by atoms with Gasteiger partial charge in [0.15, 0.2) is 0 Å². The normalized spacial score (nSPS) is 75.3. The molecule has 0 saturated carbocycles. The van der Waals surface area contributed by atoms with Crippen LogP contribution in [0, 0.1) is 5.89 Å². The van der Waals surface area contributed by atoms with Gasteiger partial charge in [-0.15, -0.1) is 0 Å². The van der Waals surface area contributed by atoms with Crippen LogP contribution in [0.2, 0.25) is 0 Å². The summed E-state index contributed by atoms with van der Waals surface area (Å²) in [6.07, 6.45) is -7.03. The maximum Gasteiger partial charge on any atom is 0.223 e. The molecule has 1 amide bonds. The Balaban J connectivity index is 3.64. The van der Waals surface area contributed by atoms with Gasteiger partial charge in [-0.1, -0.05) is 0 Å². The molecule has 58 valence electrons. The third kappa shape index (κ3) is 1.46. The van der Waals surface area contributed by atoms with Gasteiger partial charge in [0.05, 0.1) is 13.3 Å². The number of amides is 1. The van der Waals surface area contributed by atoms with E-state index in [1.54, 1.807) is 0 Å². The molecule has 1 aliphatic heterocycles. The molecule has 4 N–H and O–H groups in total. The van der Waals surface area contributed by atoms with E-state index in [-0.39, 0.29) is 0 Å². The number of β-amino-alcohol motifs (C(OH)–C–C–N with tert-alkyl or cyclic N) is 1. The lowest BCUT2D eigenvalue weighted by molar-refractivity contribution is -0.126. The molecule has 0 radical (unpaired) electrons. The maximum atomic E-state index is 11.2. The van der Waals surface area contributed by atoms with Crippen LogP contribution in [0.5, 0.6) is 0 Å². The van der Waals surface area contributed by atoms with Crippen LogP contribution in [-0.4, -0.2) is 30.1 Å². The van der Waals surface area contributed by atoms with Gasteiger partial charge < -0.3 is 16.2 Å². The molecule has 2 unspecified atom stereocenters. The predicted octanol–water partition coefficient (Wildman–Crippen LogP) is -1.56. The monoisotopic (exact) mass is 152 g/mol. The van der Waals surface area contributed by atoms with Crippen molar-refractivity contribution in [2.24, 2.45) is 11.6 Å². The van der Waals surface area contributed by atoms with Gasteiger partial charge in [0.2, 0.25) is 5.91 Å². The van der Waals surface area contributed by atoms with Crippen molar-refractivity contribution >= 4 is 5.91 Å². The minimum atomic E-state index is -3.61. The first kappa shape index (κ1) is 2.19. The smallest absolute Gasteiger partial charge is 0.223 e. The highest BCUT2D eigenvalue weighted by Gasteiger charge is 2.26. The molecule has 1 rings (SSSR count). The lowest BCUT2D eigenvalue weighted by atomic mass is 9.95. The van der Waals surface area contributed by atoms with Crippen LogP contribution in [-0.2, 0) is 4.79 Å². The number of carbonyl (C=O) groups is 1. The highest BCUT2D eigenvalue weighted by molar-refractivity contribution is 5.77. The summed E-state index contributed by atoms with van der Waals surface area (Å²) in [5, 5.41) is 11.1. The number of nitrogens with two attached hydrogens (primary N) is 1. The maximum absolute atomic E-state index is 11.2. The Bertz CT molecular complexity index is 369. The van der Waals surface area contributed by atoms with Crippen molar-refractivity contribution < 1.29 is 20.9 Å². The lowest BCUT2D eigenvalue weighted by Gasteiger charge is -2.25. The summed E-state index contributed by atoms with van der Waals surface area (Å²) in [6.45, 7) is -6.43. The molecule has 2 atom stereocenters. The number of hydrogen-bond acceptors (Lipinski definition) is 3. The molecule has 10 heavy (non-hydrogen) atoms. The number of hydrogen-bond donors (Lipinski definition) is 3. The van der Waals surface area contributed by atoms with E-state index in [1.165, 1.54) is 5.32 Å². The summed E-state index contributed by atoms with van der Waals surface area (Å²) in [6, 6.07) is 0. The number of rotatable bonds is 1. The molecule has 0 aromatic heterocycles. The fourth-order valence-corrected chi connectivity index (χ4v) is 0.484. The zero-order chi connectivity index (χ0) is 14.8. The third-order valence-electron chi connectivity index (χ3n) is 0.914. The average molecular weight is 152 g/mol. The Labute approximate surface area is 70.6 Å². The second-order valence-corrected chi connectivity index (χ2v) is 1.59. The second-order valence-electron chi connectivity index (χ2n) is 1.59. The first-order valence-electron chi connectivity index (χ1n) is 6.47. The summed E-state index contributed by atoms with van der Waals surface area (Å²) >= 11 is 0. The molecule has 1 heterocycles. The Morgan fingerprint density at radius 1 is 2.00 bits per heavy atom. The molecule has 0 spiro atoms. The number of primary amides is 1. The summed E-state index contributed by atoms with van der Waals surface area (Å²) < 4.78 is 59.1. The minimum Gasteiger partial charge on any atom is -0.391 e. The van der Waals surface area contributed by atoms with Crippen molar-refractivity contribution in [1.82, 2.24) is 5.32 Å². The van der Waals surface area contributed by atoms with Crippen molar-refractivity contribution in [1.29, 1.82) is 0 Å². The number of piperidine rings is 1. The molecule has 4 nitrogen and oxygen atoms in total. The Morgan fingerprint density at radius 3 is 3.30 bits per heavy atom. The van der Waals surface area contributed by atoms with E-state index in [0.29, 0.717) is 0 Å². The molecular weight excluding hydrogens is 132 g/mol. The van der Waals surface area contributed by atoms with Gasteiger partial charge in [-0.2, -0.15) is 0 Å². The van der Waals surface area contributed by atoms with Crippen molar-refractivity contribution in [2.45, 2.75) is 12.5 Å². The highest BCUT2D eigenvalue weighted by atomic mass is 16.3. The van der Waals surface area contributed by atoms with E-state index in [0.717, 1.165) is 0 Å². The van der Waals surface area contributed by atoms with Crippen LogP contribution in [0.1, 0.15) is 17.3 Å². The molecule has 1 aliphatic rings. The van der Waals surface area contributed by atoms with E-state index < -0.39 is 37.2 Å². The summed E-state index contributed by atoms with van der Waals surface area (Å²) in [5.74, 6) is -5.36. The van der Waals surface area contributed by atoms with Gasteiger partial charge in [0, 0.05) is 16.1 Å². The van der Waals surface area contributed by atoms with Gasteiger partial charge >= 0.3 is 0 Å². The first-order valence-corrected chi connectivity index (χ1v) is 2.47. The fourth-order valence-electron chi connectivity index (χ4n) is 0.484. The summed E-state index contributed by atoms with van der Waals surface area (Å²) in [4.78, 5) is 11.2. The van der Waals surface area contributed by atoms with E-state index in [9.17, 15) is 9.90 Å². The zero-order valence-electron chi connectivity index (χ0n) is 12.9. The van der Waals surface area contributed by atoms with Gasteiger partial charge in [0.1, 0.15) is 0 Å². The van der Waals surface area contributed by atoms with Crippen LogP contribution in [0.25, 0.3) is 0 Å². The zero-order valence-corrected chi connectivity index (χ0v) is 4.93. The summed E-state index contributed by atoms with van der Waals surface area (Å²) in [7, 11) is 0. The summed E-state index contributed by atoms with van der Waals surface area (Å²) in [5.41, 5.74) is 4.79. The van der Waals surface area contributed by atoms with Gasteiger partial charge in [-0.3, -0.25) is 4.79 Å². The molecule has 0 bridgehead atoms. The Morgan fingerprint density at radius 2 is 2.70 bits per heavy atom. The van der Waals surface area contributed by atoms with Gasteiger partial charge in [-0.05, 0) is 12.9 Å². The van der Waals surface area contributed by atoms with Crippen LogP contribution in [0.3, 0.4) is 0 Å². The second kappa shape index (κ2) is 2.98. The standard InChI is InChI=1S/C6H12N2O2/c7-6(10)4-1-2-8-3-5(4)9/h4-5,8-9H,1-3H2,(H2,7,10)/i1D2,2D2,3D2,4D,5D. The van der Waals surface area contributed by atoms with Crippen molar-refractivity contribution in [3.05, 3.63) is 0 Å². The largest absolute Gasteiger partial charge is 0.391 e. The predicted molar refractivity (Wildman–Crippen MR) is 36.2 cm³/mol. The molecule has 0 aromatic rings. The first-order chi connectivity index (χ1) is 7.65. The number of carbonyl (C=O) groups excluding carboxylic acids is 1. The van der Waals surface area contributed by atoms with Crippen LogP contribution in [0.4, 0.5) is 0 Å². The van der Waals surface area contributed by atoms with E-state index in [2.05, 4.69) is 0 Å². The quantitative estimate of drug-likeness (QED) is 0.425. The van der Waals surface area contributed by atoms with E-state index in [1.807, 2.05) is 0 Å². The van der Waals surface area contributed by atoms with Crippen molar-refractivity contribution in [3.63, 3.8) is 0 Å². The molecule has 1 saturated heterocycles. The van der Waals surface area contributed by atoms with Crippen LogP contribution >= 0.6 is 0 Å². The fraction of sp³-hybridized carbons (Fsp3) is 0.833. The average Bonchev–Trinajstić information content (AvgIpc) is 2.11. The Kier molecular flexibility index (Phi) is 0.652. The van der Waals surface area contributed by atoms with Gasteiger partial charge in [0.25, 0.3) is 0 Å². The number of aliphatic hydroxyl groups is 1. The SMILES string of the molecule is [2H]C1([2H])NC([2H])([2H])C([2H])(O)C([2H])(C(N)=O)C1([2H])[2H].